The van der Waals surface area contributed by atoms with Gasteiger partial charge in [0.25, 0.3) is 5.69 Å². The summed E-state index contributed by atoms with van der Waals surface area (Å²) in [6.45, 7) is 6.19. The van der Waals surface area contributed by atoms with Gasteiger partial charge in [0.05, 0.1) is 17.4 Å². The second kappa shape index (κ2) is 6.47. The molecule has 0 saturated heterocycles. The van der Waals surface area contributed by atoms with Gasteiger partial charge in [-0.3, -0.25) is 14.9 Å². The van der Waals surface area contributed by atoms with Gasteiger partial charge in [0.1, 0.15) is 0 Å². The third-order valence-electron chi connectivity index (χ3n) is 3.23. The molecule has 1 aromatic carbocycles. The van der Waals surface area contributed by atoms with Crippen molar-refractivity contribution in [3.63, 3.8) is 0 Å². The van der Waals surface area contributed by atoms with E-state index in [1.807, 2.05) is 6.07 Å². The highest BCUT2D eigenvalue weighted by atomic mass is 16.6. The molecule has 0 unspecified atom stereocenters. The number of carbonyl (C=O) groups excluding carboxylic acids is 1. The van der Waals surface area contributed by atoms with Crippen LogP contribution in [-0.2, 0) is 16.1 Å². The first-order valence-electron chi connectivity index (χ1n) is 6.31. The van der Waals surface area contributed by atoms with Crippen LogP contribution in [0.5, 0.6) is 0 Å². The van der Waals surface area contributed by atoms with Crippen molar-refractivity contribution in [3.8, 4) is 0 Å². The summed E-state index contributed by atoms with van der Waals surface area (Å²) in [5.41, 5.74) is 0.959. The molecule has 0 aromatic heterocycles. The fourth-order valence-electron chi connectivity index (χ4n) is 1.92. The zero-order valence-corrected chi connectivity index (χ0v) is 12.2. The Morgan fingerprint density at radius 1 is 1.45 bits per heavy atom. The van der Waals surface area contributed by atoms with E-state index in [1.54, 1.807) is 26.8 Å². The molecule has 20 heavy (non-hydrogen) atoms. The molecule has 0 aliphatic heterocycles. The van der Waals surface area contributed by atoms with E-state index < -0.39 is 10.3 Å². The lowest BCUT2D eigenvalue weighted by Crippen LogP contribution is -2.36. The number of methoxy groups -OCH3 is 1. The first kappa shape index (κ1) is 16.1. The van der Waals surface area contributed by atoms with Gasteiger partial charge in [0.15, 0.2) is 0 Å². The maximum Gasteiger partial charge on any atom is 0.312 e. The third kappa shape index (κ3) is 3.77. The molecule has 0 aliphatic rings. The molecule has 110 valence electrons. The van der Waals surface area contributed by atoms with Crippen LogP contribution >= 0.6 is 0 Å². The Balaban J connectivity index is 2.70. The van der Waals surface area contributed by atoms with E-state index in [2.05, 4.69) is 5.32 Å². The number of carbonyl (C=O) groups is 1. The molecule has 6 heteroatoms. The van der Waals surface area contributed by atoms with Crippen LogP contribution in [0.25, 0.3) is 0 Å². The van der Waals surface area contributed by atoms with Crippen LogP contribution < -0.4 is 5.32 Å². The fourth-order valence-corrected chi connectivity index (χ4v) is 1.92. The van der Waals surface area contributed by atoms with E-state index in [4.69, 9.17) is 4.74 Å². The number of esters is 1. The van der Waals surface area contributed by atoms with Crippen molar-refractivity contribution in [2.45, 2.75) is 27.3 Å². The van der Waals surface area contributed by atoms with Gasteiger partial charge in [-0.15, -0.1) is 0 Å². The van der Waals surface area contributed by atoms with Crippen molar-refractivity contribution < 1.29 is 14.5 Å². The zero-order valence-electron chi connectivity index (χ0n) is 12.2. The minimum Gasteiger partial charge on any atom is -0.469 e. The minimum absolute atomic E-state index is 0.108. The summed E-state index contributed by atoms with van der Waals surface area (Å²) in [6, 6.07) is 4.98. The first-order valence-corrected chi connectivity index (χ1v) is 6.31. The van der Waals surface area contributed by atoms with Crippen LogP contribution in [-0.4, -0.2) is 24.5 Å². The Morgan fingerprint density at radius 3 is 2.65 bits per heavy atom. The molecule has 0 amide bonds. The molecular formula is C14H20N2O4. The van der Waals surface area contributed by atoms with Crippen molar-refractivity contribution in [1.29, 1.82) is 0 Å². The number of nitro benzene ring substituents is 1. The quantitative estimate of drug-likeness (QED) is 0.490. The van der Waals surface area contributed by atoms with Gasteiger partial charge in [-0.2, -0.15) is 0 Å². The highest BCUT2D eigenvalue weighted by molar-refractivity contribution is 5.76. The highest BCUT2D eigenvalue weighted by Crippen LogP contribution is 2.21. The van der Waals surface area contributed by atoms with Crippen LogP contribution in [0.2, 0.25) is 0 Å². The number of rotatable bonds is 6. The van der Waals surface area contributed by atoms with E-state index >= 15 is 0 Å². The Labute approximate surface area is 118 Å². The lowest BCUT2D eigenvalue weighted by atomic mass is 9.93. The van der Waals surface area contributed by atoms with E-state index in [9.17, 15) is 14.9 Å². The number of benzene rings is 1. The smallest absolute Gasteiger partial charge is 0.312 e. The van der Waals surface area contributed by atoms with Gasteiger partial charge in [-0.1, -0.05) is 12.1 Å². The van der Waals surface area contributed by atoms with E-state index in [0.29, 0.717) is 18.7 Å². The minimum atomic E-state index is -0.636. The van der Waals surface area contributed by atoms with Crippen molar-refractivity contribution >= 4 is 11.7 Å². The molecule has 0 heterocycles. The maximum absolute atomic E-state index is 11.5. The summed E-state index contributed by atoms with van der Waals surface area (Å²) in [4.78, 5) is 22.0. The topological polar surface area (TPSA) is 81.5 Å². The average Bonchev–Trinajstić information content (AvgIpc) is 2.39. The monoisotopic (exact) mass is 280 g/mol. The zero-order chi connectivity index (χ0) is 15.3. The van der Waals surface area contributed by atoms with Crippen molar-refractivity contribution in [1.82, 2.24) is 5.32 Å². The molecule has 1 aromatic rings. The second-order valence-electron chi connectivity index (χ2n) is 5.30. The van der Waals surface area contributed by atoms with Crippen LogP contribution in [0.4, 0.5) is 5.69 Å². The second-order valence-corrected chi connectivity index (χ2v) is 5.30. The number of nitro groups is 1. The summed E-state index contributed by atoms with van der Waals surface area (Å²) in [6.07, 6.45) is 0. The molecule has 0 radical (unpaired) electrons. The van der Waals surface area contributed by atoms with Gasteiger partial charge >= 0.3 is 5.97 Å². The van der Waals surface area contributed by atoms with Gasteiger partial charge in [0.2, 0.25) is 0 Å². The average molecular weight is 280 g/mol. The van der Waals surface area contributed by atoms with Gasteiger partial charge < -0.3 is 10.1 Å². The summed E-state index contributed by atoms with van der Waals surface area (Å²) in [5.74, 6) is -0.291. The predicted octanol–water partition coefficient (Wildman–Crippen LogP) is 2.19. The molecule has 0 atom stereocenters. The third-order valence-corrected chi connectivity index (χ3v) is 3.23. The molecule has 1 rings (SSSR count). The van der Waals surface area contributed by atoms with Crippen molar-refractivity contribution in [2.24, 2.45) is 5.41 Å². The standard InChI is InChI=1S/C14H20N2O4/c1-10-11(6-5-7-12(10)16(18)19)8-15-9-14(2,3)13(17)20-4/h5-7,15H,8-9H2,1-4H3. The van der Waals surface area contributed by atoms with Crippen LogP contribution in [0.3, 0.4) is 0 Å². The van der Waals surface area contributed by atoms with E-state index in [0.717, 1.165) is 5.56 Å². The summed E-state index contributed by atoms with van der Waals surface area (Å²) < 4.78 is 4.72. The Kier molecular flexibility index (Phi) is 5.21. The largest absolute Gasteiger partial charge is 0.469 e. The summed E-state index contributed by atoms with van der Waals surface area (Å²) in [5, 5.41) is 14.0. The summed E-state index contributed by atoms with van der Waals surface area (Å²) >= 11 is 0. The SMILES string of the molecule is COC(=O)C(C)(C)CNCc1cccc([N+](=O)[O-])c1C. The highest BCUT2D eigenvalue weighted by Gasteiger charge is 2.28. The molecule has 0 aliphatic carbocycles. The number of nitrogens with one attached hydrogen (secondary N) is 1. The molecule has 6 nitrogen and oxygen atoms in total. The number of nitrogens with zero attached hydrogens (tertiary/aromatic N) is 1. The molecule has 0 fully saturated rings. The van der Waals surface area contributed by atoms with Gasteiger partial charge in [-0.25, -0.2) is 0 Å². The molecular weight excluding hydrogens is 260 g/mol. The number of ether oxygens (including phenoxy) is 1. The van der Waals surface area contributed by atoms with Crippen molar-refractivity contribution in [3.05, 3.63) is 39.4 Å². The predicted molar refractivity (Wildman–Crippen MR) is 75.3 cm³/mol. The van der Waals surface area contributed by atoms with Crippen LogP contribution in [0, 0.1) is 22.5 Å². The molecule has 0 bridgehead atoms. The van der Waals surface area contributed by atoms with E-state index in [1.165, 1.54) is 13.2 Å². The first-order chi connectivity index (χ1) is 9.29. The summed E-state index contributed by atoms with van der Waals surface area (Å²) in [7, 11) is 1.36. The Bertz CT molecular complexity index is 512. The molecule has 0 saturated carbocycles. The van der Waals surface area contributed by atoms with Crippen LogP contribution in [0.1, 0.15) is 25.0 Å². The van der Waals surface area contributed by atoms with Gasteiger partial charge in [-0.05, 0) is 26.3 Å². The lowest BCUT2D eigenvalue weighted by molar-refractivity contribution is -0.385. The van der Waals surface area contributed by atoms with Crippen molar-refractivity contribution in [2.75, 3.05) is 13.7 Å². The maximum atomic E-state index is 11.5. The lowest BCUT2D eigenvalue weighted by Gasteiger charge is -2.22. The number of hydrogen-bond acceptors (Lipinski definition) is 5. The Hall–Kier alpha value is -1.95. The fraction of sp³-hybridized carbons (Fsp3) is 0.500. The Morgan fingerprint density at radius 2 is 2.10 bits per heavy atom. The molecule has 1 N–H and O–H groups in total. The van der Waals surface area contributed by atoms with E-state index in [-0.39, 0.29) is 11.7 Å². The normalized spacial score (nSPS) is 11.2. The number of hydrogen-bond donors (Lipinski definition) is 1. The van der Waals surface area contributed by atoms with Gasteiger partial charge in [0, 0.05) is 24.7 Å². The molecule has 0 spiro atoms. The van der Waals surface area contributed by atoms with Crippen LogP contribution in [0.15, 0.2) is 18.2 Å².